The number of amides is 3. The Morgan fingerprint density at radius 2 is 1.73 bits per heavy atom. The van der Waals surface area contributed by atoms with Gasteiger partial charge in [0.05, 0.1) is 30.5 Å². The number of fused-ring (bicyclic) bond motifs is 1. The minimum absolute atomic E-state index is 0.0450. The van der Waals surface area contributed by atoms with Crippen molar-refractivity contribution in [3.63, 3.8) is 0 Å². The average molecular weight is 607 g/mol. The Morgan fingerprint density at radius 1 is 0.933 bits per heavy atom. The third kappa shape index (κ3) is 8.11. The zero-order valence-corrected chi connectivity index (χ0v) is 25.6. The molecule has 0 saturated carbocycles. The number of hydrogen-bond donors (Lipinski definition) is 5. The number of carbonyl (C=O) groups excluding carboxylic acids is 2. The second kappa shape index (κ2) is 13.7. The molecule has 5 aromatic rings. The molecule has 3 amide bonds. The summed E-state index contributed by atoms with van der Waals surface area (Å²) in [5.41, 5.74) is 4.69. The predicted octanol–water partition coefficient (Wildman–Crippen LogP) is 4.96. The van der Waals surface area contributed by atoms with Gasteiger partial charge in [0.1, 0.15) is 5.82 Å². The van der Waals surface area contributed by atoms with Crippen LogP contribution in [0.4, 0.5) is 16.3 Å². The van der Waals surface area contributed by atoms with Gasteiger partial charge in [0.2, 0.25) is 5.91 Å². The molecule has 0 aliphatic rings. The Labute approximate surface area is 262 Å². The van der Waals surface area contributed by atoms with Crippen molar-refractivity contribution in [2.24, 2.45) is 0 Å². The van der Waals surface area contributed by atoms with Crippen molar-refractivity contribution in [1.82, 2.24) is 20.1 Å². The van der Waals surface area contributed by atoms with Gasteiger partial charge in [-0.25, -0.2) is 9.48 Å². The molecule has 232 valence electrons. The molecule has 10 heteroatoms. The molecule has 10 nitrogen and oxygen atoms in total. The van der Waals surface area contributed by atoms with Crippen LogP contribution in [0.5, 0.6) is 0 Å². The first-order valence-electron chi connectivity index (χ1n) is 14.8. The molecule has 45 heavy (non-hydrogen) atoms. The zero-order chi connectivity index (χ0) is 32.0. The summed E-state index contributed by atoms with van der Waals surface area (Å²) in [7, 11) is 0. The molecular weight excluding hydrogens is 568 g/mol. The topological polar surface area (TPSA) is 141 Å². The fourth-order valence-electron chi connectivity index (χ4n) is 4.98. The van der Waals surface area contributed by atoms with Crippen LogP contribution in [0.15, 0.2) is 91.3 Å². The zero-order valence-electron chi connectivity index (χ0n) is 25.6. The molecule has 0 radical (unpaired) electrons. The lowest BCUT2D eigenvalue weighted by Gasteiger charge is -2.15. The van der Waals surface area contributed by atoms with E-state index in [1.54, 1.807) is 10.9 Å². The van der Waals surface area contributed by atoms with Crippen LogP contribution in [0.3, 0.4) is 0 Å². The second-order valence-electron chi connectivity index (χ2n) is 12.0. The monoisotopic (exact) mass is 606 g/mol. The first kappa shape index (κ1) is 31.4. The van der Waals surface area contributed by atoms with E-state index in [-0.39, 0.29) is 24.3 Å². The first-order chi connectivity index (χ1) is 21.6. The highest BCUT2D eigenvalue weighted by Crippen LogP contribution is 2.30. The number of aliphatic hydroxyl groups is 2. The van der Waals surface area contributed by atoms with E-state index in [0.717, 1.165) is 33.2 Å². The van der Waals surface area contributed by atoms with E-state index in [4.69, 9.17) is 10.2 Å². The number of benzene rings is 3. The molecule has 1 unspecified atom stereocenters. The summed E-state index contributed by atoms with van der Waals surface area (Å²) in [5.74, 6) is 0.185. The molecule has 0 fully saturated rings. The summed E-state index contributed by atoms with van der Waals surface area (Å²) in [6, 6.07) is 24.6. The number of nitrogens with one attached hydrogen (secondary N) is 3. The van der Waals surface area contributed by atoms with Gasteiger partial charge < -0.3 is 20.8 Å². The van der Waals surface area contributed by atoms with Crippen molar-refractivity contribution in [2.75, 3.05) is 23.8 Å². The Kier molecular flexibility index (Phi) is 9.56. The fourth-order valence-corrected chi connectivity index (χ4v) is 4.98. The molecule has 2 heterocycles. The molecular formula is C35H38N6O4. The summed E-state index contributed by atoms with van der Waals surface area (Å²) in [6.45, 7) is 5.67. The number of pyridine rings is 1. The SMILES string of the molecule is CC(C)(C)c1cc(NC(=O)Nc2cccc(Cc3cccnc3)c2)n(-c2cc(CC(=O)NCC(O)CO)c3ccccc3c2)n1. The number of aliphatic hydroxyl groups excluding tert-OH is 2. The second-order valence-corrected chi connectivity index (χ2v) is 12.0. The Morgan fingerprint density at radius 3 is 2.49 bits per heavy atom. The standard InChI is InChI=1S/C35H38N6O4/c1-35(2,3)31-19-32(39-34(45)38-27-11-6-8-23(15-27)14-24-9-7-13-36-20-24)41(40-31)28-16-25-10-4-5-12-30(25)26(17-28)18-33(44)37-21-29(43)22-42/h4-13,15-17,19-20,29,42-43H,14,18,21-22H2,1-3H3,(H,37,44)(H2,38,39,45). The van der Waals surface area contributed by atoms with E-state index >= 15 is 0 Å². The van der Waals surface area contributed by atoms with Crippen molar-refractivity contribution in [1.29, 1.82) is 0 Å². The molecule has 0 aliphatic carbocycles. The number of nitrogens with zero attached hydrogens (tertiary/aromatic N) is 3. The van der Waals surface area contributed by atoms with Crippen LogP contribution in [0.1, 0.15) is 43.2 Å². The summed E-state index contributed by atoms with van der Waals surface area (Å²) in [6.07, 6.45) is 3.28. The first-order valence-corrected chi connectivity index (χ1v) is 14.8. The van der Waals surface area contributed by atoms with Crippen molar-refractivity contribution in [3.8, 4) is 5.69 Å². The maximum absolute atomic E-state index is 13.3. The van der Waals surface area contributed by atoms with Gasteiger partial charge in [-0.1, -0.05) is 63.2 Å². The van der Waals surface area contributed by atoms with Gasteiger partial charge in [0, 0.05) is 36.1 Å². The maximum Gasteiger partial charge on any atom is 0.324 e. The van der Waals surface area contributed by atoms with E-state index < -0.39 is 18.7 Å². The highest BCUT2D eigenvalue weighted by atomic mass is 16.3. The third-order valence-electron chi connectivity index (χ3n) is 7.31. The Bertz CT molecular complexity index is 1800. The fraction of sp³-hybridized carbons (Fsp3) is 0.257. The molecule has 5 rings (SSSR count). The lowest BCUT2D eigenvalue weighted by atomic mass is 9.92. The number of urea groups is 1. The minimum Gasteiger partial charge on any atom is -0.394 e. The number of aromatic nitrogens is 3. The Balaban J connectivity index is 1.42. The van der Waals surface area contributed by atoms with Crippen LogP contribution in [-0.4, -0.2) is 56.2 Å². The third-order valence-corrected chi connectivity index (χ3v) is 7.31. The molecule has 0 saturated heterocycles. The van der Waals surface area contributed by atoms with Gasteiger partial charge in [-0.3, -0.25) is 15.1 Å². The smallest absolute Gasteiger partial charge is 0.324 e. The summed E-state index contributed by atoms with van der Waals surface area (Å²) < 4.78 is 1.68. The van der Waals surface area contributed by atoms with Crippen LogP contribution >= 0.6 is 0 Å². The quantitative estimate of drug-likeness (QED) is 0.152. The van der Waals surface area contributed by atoms with Crippen LogP contribution in [-0.2, 0) is 23.1 Å². The van der Waals surface area contributed by atoms with Gasteiger partial charge >= 0.3 is 6.03 Å². The van der Waals surface area contributed by atoms with Gasteiger partial charge in [-0.15, -0.1) is 0 Å². The van der Waals surface area contributed by atoms with Gasteiger partial charge in [-0.05, 0) is 64.2 Å². The van der Waals surface area contributed by atoms with E-state index in [1.807, 2.05) is 106 Å². The number of carbonyl (C=O) groups is 2. The molecule has 0 aliphatic heterocycles. The minimum atomic E-state index is -1.03. The lowest BCUT2D eigenvalue weighted by molar-refractivity contribution is -0.121. The molecule has 3 aromatic carbocycles. The largest absolute Gasteiger partial charge is 0.394 e. The van der Waals surface area contributed by atoms with Gasteiger partial charge in [0.25, 0.3) is 0 Å². The van der Waals surface area contributed by atoms with E-state index in [0.29, 0.717) is 23.6 Å². The van der Waals surface area contributed by atoms with E-state index in [2.05, 4.69) is 20.9 Å². The summed E-state index contributed by atoms with van der Waals surface area (Å²) in [4.78, 5) is 30.3. The highest BCUT2D eigenvalue weighted by molar-refractivity contribution is 5.99. The predicted molar refractivity (Wildman–Crippen MR) is 176 cm³/mol. The normalized spacial score (nSPS) is 12.1. The van der Waals surface area contributed by atoms with Crippen molar-refractivity contribution < 1.29 is 19.8 Å². The summed E-state index contributed by atoms with van der Waals surface area (Å²) >= 11 is 0. The molecule has 2 aromatic heterocycles. The van der Waals surface area contributed by atoms with Crippen LogP contribution in [0.2, 0.25) is 0 Å². The maximum atomic E-state index is 13.3. The number of rotatable bonds is 10. The highest BCUT2D eigenvalue weighted by Gasteiger charge is 2.22. The van der Waals surface area contributed by atoms with Crippen molar-refractivity contribution in [3.05, 3.63) is 114 Å². The number of hydrogen-bond acceptors (Lipinski definition) is 6. The molecule has 0 spiro atoms. The van der Waals surface area contributed by atoms with E-state index in [9.17, 15) is 14.7 Å². The van der Waals surface area contributed by atoms with Crippen LogP contribution in [0.25, 0.3) is 16.5 Å². The van der Waals surface area contributed by atoms with Crippen LogP contribution in [0, 0.1) is 0 Å². The van der Waals surface area contributed by atoms with Crippen molar-refractivity contribution >= 4 is 34.2 Å². The van der Waals surface area contributed by atoms with Gasteiger partial charge in [0.15, 0.2) is 0 Å². The average Bonchev–Trinajstić information content (AvgIpc) is 3.45. The molecule has 1 atom stereocenters. The molecule has 0 bridgehead atoms. The summed E-state index contributed by atoms with van der Waals surface area (Å²) in [5, 5.41) is 34.0. The lowest BCUT2D eigenvalue weighted by Crippen LogP contribution is -2.34. The van der Waals surface area contributed by atoms with Gasteiger partial charge in [-0.2, -0.15) is 5.10 Å². The van der Waals surface area contributed by atoms with Crippen molar-refractivity contribution in [2.45, 2.75) is 45.1 Å². The number of anilines is 2. The molecule has 5 N–H and O–H groups in total. The van der Waals surface area contributed by atoms with E-state index in [1.165, 1.54) is 0 Å². The van der Waals surface area contributed by atoms with Crippen LogP contribution < -0.4 is 16.0 Å². The Hall–Kier alpha value is -5.06.